The number of amides is 2. The molecule has 1 aliphatic rings. The third kappa shape index (κ3) is 4.26. The van der Waals surface area contributed by atoms with Gasteiger partial charge in [0.05, 0.1) is 12.0 Å². The first kappa shape index (κ1) is 21.7. The van der Waals surface area contributed by atoms with Crippen molar-refractivity contribution >= 4 is 50.7 Å². The van der Waals surface area contributed by atoms with Gasteiger partial charge in [-0.25, -0.2) is 4.98 Å². The fourth-order valence-electron chi connectivity index (χ4n) is 4.19. The molecule has 0 saturated carbocycles. The molecule has 1 aromatic carbocycles. The zero-order valence-corrected chi connectivity index (χ0v) is 19.6. The highest BCUT2D eigenvalue weighted by molar-refractivity contribution is 7.21. The monoisotopic (exact) mass is 479 g/mol. The van der Waals surface area contributed by atoms with Crippen LogP contribution in [0.4, 0.5) is 5.69 Å². The predicted molar refractivity (Wildman–Crippen MR) is 132 cm³/mol. The number of anilines is 1. The van der Waals surface area contributed by atoms with Gasteiger partial charge in [0.2, 0.25) is 5.91 Å². The minimum Gasteiger partial charge on any atom is -0.463 e. The molecule has 0 atom stereocenters. The normalized spacial score (nSPS) is 13.9. The molecule has 5 rings (SSSR count). The number of halogens is 1. The van der Waals surface area contributed by atoms with Crippen LogP contribution in [0.1, 0.15) is 35.9 Å². The molecule has 0 unspecified atom stereocenters. The molecule has 3 aromatic heterocycles. The lowest BCUT2D eigenvalue weighted by molar-refractivity contribution is -0.114. The number of nitrogens with zero attached hydrogens (tertiary/aromatic N) is 2. The van der Waals surface area contributed by atoms with E-state index in [1.165, 1.54) is 18.3 Å². The first-order chi connectivity index (χ1) is 16.0. The highest BCUT2D eigenvalue weighted by atomic mass is 35.5. The van der Waals surface area contributed by atoms with Crippen molar-refractivity contribution in [1.82, 2.24) is 9.88 Å². The number of benzene rings is 1. The van der Waals surface area contributed by atoms with Crippen molar-refractivity contribution in [3.63, 3.8) is 0 Å². The Morgan fingerprint density at radius 3 is 2.55 bits per heavy atom. The summed E-state index contributed by atoms with van der Waals surface area (Å²) in [5, 5.41) is 4.30. The summed E-state index contributed by atoms with van der Waals surface area (Å²) in [6, 6.07) is 13.1. The Kier molecular flexibility index (Phi) is 5.91. The predicted octanol–water partition coefficient (Wildman–Crippen LogP) is 6.46. The highest BCUT2D eigenvalue weighted by Crippen LogP contribution is 2.43. The number of hydrogen-bond acceptors (Lipinski definition) is 5. The fourth-order valence-corrected chi connectivity index (χ4v) is 5.44. The summed E-state index contributed by atoms with van der Waals surface area (Å²) in [4.78, 5) is 33.5. The first-order valence-corrected chi connectivity index (χ1v) is 12.0. The fraction of sp³-hybridized carbons (Fsp3) is 0.240. The second-order valence-electron chi connectivity index (χ2n) is 8.06. The van der Waals surface area contributed by atoms with Gasteiger partial charge >= 0.3 is 0 Å². The molecule has 2 amide bonds. The molecule has 0 spiro atoms. The van der Waals surface area contributed by atoms with Crippen LogP contribution in [0.25, 0.3) is 32.8 Å². The molecule has 8 heteroatoms. The lowest BCUT2D eigenvalue weighted by Gasteiger charge is -2.26. The number of aromatic nitrogens is 1. The number of thiophene rings is 1. The molecule has 1 fully saturated rings. The number of carbonyl (C=O) groups is 2. The SMILES string of the molecule is CC(=O)Nc1c(C(=O)N2CCCCC2)sc2nc(-c3ccco3)cc(-c3ccc(Cl)cc3)c12. The first-order valence-electron chi connectivity index (χ1n) is 10.9. The minimum atomic E-state index is -0.237. The standard InChI is InChI=1S/C25H22ClN3O3S/c1-15(30)27-22-21-18(16-7-9-17(26)10-8-16)14-19(20-6-5-13-32-20)28-24(21)33-23(22)25(31)29-11-3-2-4-12-29/h5-10,13-14H,2-4,11-12H2,1H3,(H,27,30). The maximum atomic E-state index is 13.5. The maximum absolute atomic E-state index is 13.5. The maximum Gasteiger partial charge on any atom is 0.266 e. The number of carbonyl (C=O) groups excluding carboxylic acids is 2. The summed E-state index contributed by atoms with van der Waals surface area (Å²) in [5.74, 6) is 0.327. The second kappa shape index (κ2) is 9.00. The summed E-state index contributed by atoms with van der Waals surface area (Å²) in [6.07, 6.45) is 4.71. The van der Waals surface area contributed by atoms with E-state index in [-0.39, 0.29) is 11.8 Å². The van der Waals surface area contributed by atoms with Crippen LogP contribution >= 0.6 is 22.9 Å². The zero-order valence-electron chi connectivity index (χ0n) is 18.1. The lowest BCUT2D eigenvalue weighted by Crippen LogP contribution is -2.35. The minimum absolute atomic E-state index is 0.0666. The van der Waals surface area contributed by atoms with E-state index in [1.807, 2.05) is 47.4 Å². The van der Waals surface area contributed by atoms with Gasteiger partial charge in [-0.15, -0.1) is 11.3 Å². The summed E-state index contributed by atoms with van der Waals surface area (Å²) in [7, 11) is 0. The third-order valence-electron chi connectivity index (χ3n) is 5.73. The Balaban J connectivity index is 1.76. The van der Waals surface area contributed by atoms with Crippen LogP contribution in [0.5, 0.6) is 0 Å². The van der Waals surface area contributed by atoms with Crippen molar-refractivity contribution in [1.29, 1.82) is 0 Å². The average Bonchev–Trinajstić information content (AvgIpc) is 3.48. The molecule has 0 aliphatic carbocycles. The van der Waals surface area contributed by atoms with Crippen LogP contribution in [-0.2, 0) is 4.79 Å². The van der Waals surface area contributed by atoms with Gasteiger partial charge in [0.15, 0.2) is 5.76 Å². The Hall–Kier alpha value is -3.16. The summed E-state index contributed by atoms with van der Waals surface area (Å²) in [5.41, 5.74) is 2.92. The van der Waals surface area contributed by atoms with Crippen molar-refractivity contribution in [3.8, 4) is 22.6 Å². The van der Waals surface area contributed by atoms with E-state index in [2.05, 4.69) is 5.32 Å². The smallest absolute Gasteiger partial charge is 0.266 e. The lowest BCUT2D eigenvalue weighted by atomic mass is 10.0. The molecule has 6 nitrogen and oxygen atoms in total. The number of fused-ring (bicyclic) bond motifs is 1. The summed E-state index contributed by atoms with van der Waals surface area (Å²) in [6.45, 7) is 2.90. The Labute approximate surface area is 200 Å². The highest BCUT2D eigenvalue weighted by Gasteiger charge is 2.28. The van der Waals surface area contributed by atoms with Gasteiger partial charge < -0.3 is 14.6 Å². The molecule has 0 bridgehead atoms. The van der Waals surface area contributed by atoms with E-state index >= 15 is 0 Å². The van der Waals surface area contributed by atoms with Gasteiger partial charge in [-0.1, -0.05) is 23.7 Å². The Morgan fingerprint density at radius 1 is 1.12 bits per heavy atom. The second-order valence-corrected chi connectivity index (χ2v) is 9.50. The Bertz CT molecular complexity index is 1320. The van der Waals surface area contributed by atoms with Gasteiger partial charge in [0.25, 0.3) is 5.91 Å². The van der Waals surface area contributed by atoms with E-state index in [0.29, 0.717) is 31.9 Å². The van der Waals surface area contributed by atoms with Crippen LogP contribution in [0, 0.1) is 0 Å². The summed E-state index contributed by atoms with van der Waals surface area (Å²) >= 11 is 7.44. The quantitative estimate of drug-likeness (QED) is 0.364. The van der Waals surface area contributed by atoms with Crippen molar-refractivity contribution in [2.24, 2.45) is 0 Å². The van der Waals surface area contributed by atoms with Crippen LogP contribution in [0.3, 0.4) is 0 Å². The topological polar surface area (TPSA) is 75.4 Å². The van der Waals surface area contributed by atoms with Crippen LogP contribution < -0.4 is 5.32 Å². The third-order valence-corrected chi connectivity index (χ3v) is 7.05. The van der Waals surface area contributed by atoms with Gasteiger partial charge in [-0.3, -0.25) is 9.59 Å². The number of rotatable bonds is 4. The van der Waals surface area contributed by atoms with E-state index in [0.717, 1.165) is 48.9 Å². The average molecular weight is 480 g/mol. The van der Waals surface area contributed by atoms with E-state index in [9.17, 15) is 9.59 Å². The van der Waals surface area contributed by atoms with Crippen molar-refractivity contribution in [2.45, 2.75) is 26.2 Å². The van der Waals surface area contributed by atoms with E-state index in [4.69, 9.17) is 21.0 Å². The van der Waals surface area contributed by atoms with Crippen LogP contribution in [0.15, 0.2) is 53.1 Å². The number of pyridine rings is 1. The van der Waals surface area contributed by atoms with Crippen molar-refractivity contribution in [2.75, 3.05) is 18.4 Å². The van der Waals surface area contributed by atoms with Crippen LogP contribution in [0.2, 0.25) is 5.02 Å². The van der Waals surface area contributed by atoms with Gasteiger partial charge in [0, 0.05) is 30.4 Å². The molecule has 4 aromatic rings. The zero-order chi connectivity index (χ0) is 22.9. The van der Waals surface area contributed by atoms with Gasteiger partial charge in [-0.2, -0.15) is 0 Å². The van der Waals surface area contributed by atoms with Gasteiger partial charge in [-0.05, 0) is 60.7 Å². The van der Waals surface area contributed by atoms with Crippen molar-refractivity contribution < 1.29 is 14.0 Å². The number of nitrogens with one attached hydrogen (secondary N) is 1. The molecule has 4 heterocycles. The Morgan fingerprint density at radius 2 is 1.88 bits per heavy atom. The van der Waals surface area contributed by atoms with Crippen molar-refractivity contribution in [3.05, 3.63) is 58.6 Å². The summed E-state index contributed by atoms with van der Waals surface area (Å²) < 4.78 is 5.60. The largest absolute Gasteiger partial charge is 0.463 e. The number of hydrogen-bond donors (Lipinski definition) is 1. The molecule has 168 valence electrons. The van der Waals surface area contributed by atoms with E-state index < -0.39 is 0 Å². The molecular formula is C25H22ClN3O3S. The van der Waals surface area contributed by atoms with E-state index in [1.54, 1.807) is 6.26 Å². The van der Waals surface area contributed by atoms with Crippen LogP contribution in [-0.4, -0.2) is 34.8 Å². The van der Waals surface area contributed by atoms with Gasteiger partial charge in [0.1, 0.15) is 15.4 Å². The number of likely N-dealkylation sites (tertiary alicyclic amines) is 1. The molecular weight excluding hydrogens is 458 g/mol. The number of piperidine rings is 1. The molecule has 1 N–H and O–H groups in total. The molecule has 0 radical (unpaired) electrons. The molecule has 1 saturated heterocycles. The number of furan rings is 1. The molecule has 1 aliphatic heterocycles. The molecule has 33 heavy (non-hydrogen) atoms.